The van der Waals surface area contributed by atoms with Gasteiger partial charge in [-0.2, -0.15) is 0 Å². The van der Waals surface area contributed by atoms with Gasteiger partial charge >= 0.3 is 0 Å². The van der Waals surface area contributed by atoms with Crippen molar-refractivity contribution in [1.82, 2.24) is 5.32 Å². The first-order chi connectivity index (χ1) is 7.16. The third kappa shape index (κ3) is 2.71. The van der Waals surface area contributed by atoms with Crippen LogP contribution in [0.1, 0.15) is 18.4 Å². The second-order valence-corrected chi connectivity index (χ2v) is 5.15. The standard InChI is InChI=1S/C11H12BrClFN/c12-8-4-7(11(13)10(14)6-8)5-9-2-1-3-15-9/h4,6,9,15H,1-3,5H2. The lowest BCUT2D eigenvalue weighted by molar-refractivity contribution is 0.592. The van der Waals surface area contributed by atoms with E-state index in [1.807, 2.05) is 6.07 Å². The zero-order valence-electron chi connectivity index (χ0n) is 8.19. The van der Waals surface area contributed by atoms with Crippen molar-refractivity contribution in [3.05, 3.63) is 33.0 Å². The van der Waals surface area contributed by atoms with Crippen LogP contribution in [0.25, 0.3) is 0 Å². The Morgan fingerprint density at radius 2 is 2.33 bits per heavy atom. The summed E-state index contributed by atoms with van der Waals surface area (Å²) in [6.45, 7) is 1.05. The maximum absolute atomic E-state index is 13.3. The second-order valence-electron chi connectivity index (χ2n) is 3.86. The Balaban J connectivity index is 2.19. The lowest BCUT2D eigenvalue weighted by Crippen LogP contribution is -2.23. The summed E-state index contributed by atoms with van der Waals surface area (Å²) in [6.07, 6.45) is 3.14. The van der Waals surface area contributed by atoms with E-state index in [0.717, 1.165) is 29.4 Å². The molecule has 0 spiro atoms. The Labute approximate surface area is 102 Å². The average Bonchev–Trinajstić information content (AvgIpc) is 2.66. The predicted molar refractivity (Wildman–Crippen MR) is 63.8 cm³/mol. The van der Waals surface area contributed by atoms with E-state index in [1.165, 1.54) is 12.5 Å². The van der Waals surface area contributed by atoms with Crippen molar-refractivity contribution >= 4 is 27.5 Å². The molecule has 0 aliphatic carbocycles. The first kappa shape index (κ1) is 11.4. The topological polar surface area (TPSA) is 12.0 Å². The van der Waals surface area contributed by atoms with Gasteiger partial charge in [0.15, 0.2) is 0 Å². The Bertz CT molecular complexity index is 364. The van der Waals surface area contributed by atoms with Crippen molar-refractivity contribution in [2.45, 2.75) is 25.3 Å². The molecule has 2 rings (SSSR count). The molecule has 82 valence electrons. The van der Waals surface area contributed by atoms with Crippen molar-refractivity contribution in [1.29, 1.82) is 0 Å². The summed E-state index contributed by atoms with van der Waals surface area (Å²) in [4.78, 5) is 0. The maximum atomic E-state index is 13.3. The summed E-state index contributed by atoms with van der Waals surface area (Å²) < 4.78 is 14.1. The van der Waals surface area contributed by atoms with Gasteiger partial charge in [-0.05, 0) is 43.5 Å². The summed E-state index contributed by atoms with van der Waals surface area (Å²) in [5, 5.41) is 3.63. The first-order valence-corrected chi connectivity index (χ1v) is 6.20. The minimum absolute atomic E-state index is 0.256. The monoisotopic (exact) mass is 291 g/mol. The van der Waals surface area contributed by atoms with Crippen LogP contribution in [0.2, 0.25) is 5.02 Å². The van der Waals surface area contributed by atoms with E-state index >= 15 is 0 Å². The first-order valence-electron chi connectivity index (χ1n) is 5.03. The van der Waals surface area contributed by atoms with Crippen LogP contribution in [0.3, 0.4) is 0 Å². The lowest BCUT2D eigenvalue weighted by Gasteiger charge is -2.12. The van der Waals surface area contributed by atoms with Gasteiger partial charge in [0, 0.05) is 10.5 Å². The fraction of sp³-hybridized carbons (Fsp3) is 0.455. The van der Waals surface area contributed by atoms with Gasteiger partial charge in [-0.25, -0.2) is 4.39 Å². The third-order valence-electron chi connectivity index (χ3n) is 2.70. The lowest BCUT2D eigenvalue weighted by atomic mass is 10.0. The molecular formula is C11H12BrClFN. The molecule has 1 aromatic carbocycles. The van der Waals surface area contributed by atoms with Crippen LogP contribution < -0.4 is 5.32 Å². The van der Waals surface area contributed by atoms with Crippen LogP contribution in [-0.4, -0.2) is 12.6 Å². The Morgan fingerprint density at radius 1 is 1.53 bits per heavy atom. The van der Waals surface area contributed by atoms with E-state index < -0.39 is 0 Å². The Morgan fingerprint density at radius 3 is 3.00 bits per heavy atom. The summed E-state index contributed by atoms with van der Waals surface area (Å²) in [7, 11) is 0. The summed E-state index contributed by atoms with van der Waals surface area (Å²) >= 11 is 9.20. The van der Waals surface area contributed by atoms with E-state index in [1.54, 1.807) is 0 Å². The number of rotatable bonds is 2. The Kier molecular flexibility index (Phi) is 3.65. The molecule has 1 aliphatic heterocycles. The molecule has 1 nitrogen and oxygen atoms in total. The number of nitrogens with one attached hydrogen (secondary N) is 1. The summed E-state index contributed by atoms with van der Waals surface area (Å²) in [6, 6.07) is 3.73. The minimum atomic E-state index is -0.348. The fourth-order valence-electron chi connectivity index (χ4n) is 1.95. The van der Waals surface area contributed by atoms with Gasteiger partial charge in [0.1, 0.15) is 5.82 Å². The molecule has 0 aromatic heterocycles. The van der Waals surface area contributed by atoms with Crippen molar-refractivity contribution < 1.29 is 4.39 Å². The molecule has 1 fully saturated rings. The van der Waals surface area contributed by atoms with E-state index in [2.05, 4.69) is 21.2 Å². The second kappa shape index (κ2) is 4.81. The average molecular weight is 293 g/mol. The maximum Gasteiger partial charge on any atom is 0.143 e. The highest BCUT2D eigenvalue weighted by Gasteiger charge is 2.17. The number of hydrogen-bond donors (Lipinski definition) is 1. The molecule has 0 radical (unpaired) electrons. The number of halogens is 3. The normalized spacial score (nSPS) is 20.9. The van der Waals surface area contributed by atoms with Crippen LogP contribution in [0.4, 0.5) is 4.39 Å². The highest BCUT2D eigenvalue weighted by Crippen LogP contribution is 2.27. The molecular weight excluding hydrogens is 280 g/mol. The molecule has 0 amide bonds. The van der Waals surface area contributed by atoms with E-state index in [-0.39, 0.29) is 10.8 Å². The quantitative estimate of drug-likeness (QED) is 0.822. The molecule has 15 heavy (non-hydrogen) atoms. The SMILES string of the molecule is Fc1cc(Br)cc(CC2CCCN2)c1Cl. The molecule has 1 saturated heterocycles. The molecule has 0 saturated carbocycles. The van der Waals surface area contributed by atoms with Crippen molar-refractivity contribution in [2.75, 3.05) is 6.54 Å². The fourth-order valence-corrected chi connectivity index (χ4v) is 2.62. The molecule has 1 atom stereocenters. The van der Waals surface area contributed by atoms with Gasteiger partial charge in [0.25, 0.3) is 0 Å². The van der Waals surface area contributed by atoms with Crippen LogP contribution >= 0.6 is 27.5 Å². The van der Waals surface area contributed by atoms with Crippen LogP contribution in [0.5, 0.6) is 0 Å². The van der Waals surface area contributed by atoms with Crippen molar-refractivity contribution in [3.8, 4) is 0 Å². The van der Waals surface area contributed by atoms with E-state index in [0.29, 0.717) is 6.04 Å². The van der Waals surface area contributed by atoms with Crippen molar-refractivity contribution in [2.24, 2.45) is 0 Å². The zero-order chi connectivity index (χ0) is 10.8. The van der Waals surface area contributed by atoms with Crippen LogP contribution in [0, 0.1) is 5.82 Å². The number of benzene rings is 1. The van der Waals surface area contributed by atoms with Gasteiger partial charge in [0.2, 0.25) is 0 Å². The predicted octanol–water partition coefficient (Wildman–Crippen LogP) is 3.54. The third-order valence-corrected chi connectivity index (χ3v) is 3.58. The molecule has 4 heteroatoms. The highest BCUT2D eigenvalue weighted by atomic mass is 79.9. The van der Waals surface area contributed by atoms with Gasteiger partial charge < -0.3 is 5.32 Å². The van der Waals surface area contributed by atoms with Gasteiger partial charge in [0.05, 0.1) is 5.02 Å². The molecule has 0 bridgehead atoms. The van der Waals surface area contributed by atoms with Gasteiger partial charge in [-0.1, -0.05) is 27.5 Å². The van der Waals surface area contributed by atoms with E-state index in [4.69, 9.17) is 11.6 Å². The number of hydrogen-bond acceptors (Lipinski definition) is 1. The Hall–Kier alpha value is -0.120. The molecule has 1 aliphatic rings. The van der Waals surface area contributed by atoms with Gasteiger partial charge in [-0.3, -0.25) is 0 Å². The summed E-state index contributed by atoms with van der Waals surface area (Å²) in [5.41, 5.74) is 0.878. The molecule has 1 unspecified atom stereocenters. The molecule has 1 aromatic rings. The van der Waals surface area contributed by atoms with E-state index in [9.17, 15) is 4.39 Å². The van der Waals surface area contributed by atoms with Gasteiger partial charge in [-0.15, -0.1) is 0 Å². The smallest absolute Gasteiger partial charge is 0.143 e. The van der Waals surface area contributed by atoms with Crippen molar-refractivity contribution in [3.63, 3.8) is 0 Å². The minimum Gasteiger partial charge on any atom is -0.314 e. The van der Waals surface area contributed by atoms with Crippen LogP contribution in [-0.2, 0) is 6.42 Å². The largest absolute Gasteiger partial charge is 0.314 e. The van der Waals surface area contributed by atoms with Crippen LogP contribution in [0.15, 0.2) is 16.6 Å². The highest BCUT2D eigenvalue weighted by molar-refractivity contribution is 9.10. The summed E-state index contributed by atoms with van der Waals surface area (Å²) in [5.74, 6) is -0.348. The molecule has 1 heterocycles. The zero-order valence-corrected chi connectivity index (χ0v) is 10.5. The molecule has 1 N–H and O–H groups in total.